The highest BCUT2D eigenvalue weighted by molar-refractivity contribution is 8.18. The van der Waals surface area contributed by atoms with Crippen LogP contribution in [0.15, 0.2) is 53.6 Å². The van der Waals surface area contributed by atoms with Gasteiger partial charge in [0.05, 0.1) is 10.5 Å². The van der Waals surface area contributed by atoms with Gasteiger partial charge in [-0.25, -0.2) is 0 Å². The SMILES string of the molecule is Cc1cc(Cn2cc(/C=C3\SC(=N)NC3=O)c3ccccc32)cc(C(F)(F)F)c1. The zero-order valence-electron chi connectivity index (χ0n) is 15.3. The van der Waals surface area contributed by atoms with E-state index in [0.717, 1.165) is 34.3 Å². The van der Waals surface area contributed by atoms with Gasteiger partial charge in [0.2, 0.25) is 0 Å². The zero-order chi connectivity index (χ0) is 20.8. The summed E-state index contributed by atoms with van der Waals surface area (Å²) in [7, 11) is 0. The number of hydrogen-bond acceptors (Lipinski definition) is 3. The first-order chi connectivity index (χ1) is 13.7. The number of carbonyl (C=O) groups excluding carboxylic acids is 1. The first kappa shape index (κ1) is 19.3. The van der Waals surface area contributed by atoms with Crippen molar-refractivity contribution < 1.29 is 18.0 Å². The second kappa shape index (κ2) is 7.11. The van der Waals surface area contributed by atoms with Gasteiger partial charge >= 0.3 is 6.18 Å². The minimum atomic E-state index is -4.40. The lowest BCUT2D eigenvalue weighted by molar-refractivity contribution is -0.137. The van der Waals surface area contributed by atoms with Crippen LogP contribution in [0.1, 0.15) is 22.3 Å². The summed E-state index contributed by atoms with van der Waals surface area (Å²) in [5.74, 6) is -0.328. The molecule has 1 aliphatic heterocycles. The highest BCUT2D eigenvalue weighted by Gasteiger charge is 2.31. The van der Waals surface area contributed by atoms with Gasteiger partial charge in [-0.05, 0) is 48.5 Å². The van der Waals surface area contributed by atoms with Crippen LogP contribution in [0.2, 0.25) is 0 Å². The van der Waals surface area contributed by atoms with Gasteiger partial charge in [-0.15, -0.1) is 0 Å². The predicted molar refractivity (Wildman–Crippen MR) is 109 cm³/mol. The highest BCUT2D eigenvalue weighted by atomic mass is 32.2. The van der Waals surface area contributed by atoms with Crippen molar-refractivity contribution in [3.63, 3.8) is 0 Å². The van der Waals surface area contributed by atoms with E-state index in [1.54, 1.807) is 19.1 Å². The monoisotopic (exact) mass is 415 g/mol. The van der Waals surface area contributed by atoms with Crippen molar-refractivity contribution in [3.8, 4) is 0 Å². The number of halogens is 3. The number of hydrogen-bond donors (Lipinski definition) is 2. The van der Waals surface area contributed by atoms with Crippen molar-refractivity contribution in [3.05, 3.63) is 75.8 Å². The van der Waals surface area contributed by atoms with E-state index in [1.165, 1.54) is 6.07 Å². The van der Waals surface area contributed by atoms with Crippen molar-refractivity contribution in [2.45, 2.75) is 19.6 Å². The molecule has 29 heavy (non-hydrogen) atoms. The Kier molecular flexibility index (Phi) is 4.74. The summed E-state index contributed by atoms with van der Waals surface area (Å²) >= 11 is 1.05. The molecule has 0 saturated carbocycles. The molecule has 1 aromatic heterocycles. The Balaban J connectivity index is 1.77. The molecule has 2 aromatic carbocycles. The topological polar surface area (TPSA) is 57.9 Å². The number of fused-ring (bicyclic) bond motifs is 1. The number of nitrogens with zero attached hydrogens (tertiary/aromatic N) is 1. The maximum Gasteiger partial charge on any atom is 0.416 e. The Morgan fingerprint density at radius 3 is 2.66 bits per heavy atom. The predicted octanol–water partition coefficient (Wildman–Crippen LogP) is 5.16. The Morgan fingerprint density at radius 2 is 1.97 bits per heavy atom. The van der Waals surface area contributed by atoms with Crippen LogP contribution >= 0.6 is 11.8 Å². The zero-order valence-corrected chi connectivity index (χ0v) is 16.1. The molecule has 0 atom stereocenters. The van der Waals surface area contributed by atoms with E-state index in [1.807, 2.05) is 35.0 Å². The molecule has 0 unspecified atom stereocenters. The summed E-state index contributed by atoms with van der Waals surface area (Å²) in [4.78, 5) is 12.3. The standard InChI is InChI=1S/C21H16F3N3OS/c1-12-6-13(8-15(7-12)21(22,23)24)10-27-11-14(16-4-2-3-5-17(16)27)9-18-19(28)26-20(25)29-18/h2-9,11H,10H2,1H3,(H2,25,26,28)/b18-9-. The lowest BCUT2D eigenvalue weighted by Crippen LogP contribution is -2.18. The number of amidine groups is 1. The molecular weight excluding hydrogens is 399 g/mol. The second-order valence-electron chi connectivity index (χ2n) is 6.83. The third kappa shape index (κ3) is 3.93. The number of nitrogens with one attached hydrogen (secondary N) is 2. The number of alkyl halides is 3. The van der Waals surface area contributed by atoms with Crippen LogP contribution in [-0.2, 0) is 17.5 Å². The fraction of sp³-hybridized carbons (Fsp3) is 0.143. The number of aryl methyl sites for hydroxylation is 1. The third-order valence-electron chi connectivity index (χ3n) is 4.59. The molecule has 4 rings (SSSR count). The minimum Gasteiger partial charge on any atom is -0.342 e. The van der Waals surface area contributed by atoms with Gasteiger partial charge in [0.15, 0.2) is 5.17 Å². The summed E-state index contributed by atoms with van der Waals surface area (Å²) in [5, 5.41) is 11.0. The van der Waals surface area contributed by atoms with Crippen molar-refractivity contribution >= 4 is 39.8 Å². The molecule has 2 heterocycles. The number of rotatable bonds is 3. The molecular formula is C21H16F3N3OS. The fourth-order valence-electron chi connectivity index (χ4n) is 3.42. The first-order valence-corrected chi connectivity index (χ1v) is 9.57. The molecule has 1 saturated heterocycles. The average molecular weight is 415 g/mol. The Morgan fingerprint density at radius 1 is 1.21 bits per heavy atom. The van der Waals surface area contributed by atoms with E-state index < -0.39 is 11.7 Å². The van der Waals surface area contributed by atoms with Gasteiger partial charge in [0.1, 0.15) is 0 Å². The van der Waals surface area contributed by atoms with Crippen molar-refractivity contribution in [2.24, 2.45) is 0 Å². The van der Waals surface area contributed by atoms with Crippen molar-refractivity contribution in [1.82, 2.24) is 9.88 Å². The number of amides is 1. The maximum absolute atomic E-state index is 13.2. The van der Waals surface area contributed by atoms with Crippen LogP contribution in [-0.4, -0.2) is 15.6 Å². The van der Waals surface area contributed by atoms with E-state index in [4.69, 9.17) is 5.41 Å². The van der Waals surface area contributed by atoms with Gasteiger partial charge in [-0.1, -0.05) is 29.8 Å². The van der Waals surface area contributed by atoms with Crippen LogP contribution in [0.4, 0.5) is 13.2 Å². The molecule has 0 bridgehead atoms. The molecule has 0 aliphatic carbocycles. The van der Waals surface area contributed by atoms with E-state index in [2.05, 4.69) is 5.32 Å². The first-order valence-electron chi connectivity index (χ1n) is 8.76. The fourth-order valence-corrected chi connectivity index (χ4v) is 4.11. The molecule has 8 heteroatoms. The summed E-state index contributed by atoms with van der Waals surface area (Å²) < 4.78 is 41.4. The summed E-state index contributed by atoms with van der Waals surface area (Å²) in [5.41, 5.74) is 2.06. The van der Waals surface area contributed by atoms with E-state index in [0.29, 0.717) is 16.0 Å². The summed E-state index contributed by atoms with van der Waals surface area (Å²) in [6, 6.07) is 11.6. The molecule has 3 aromatic rings. The van der Waals surface area contributed by atoms with E-state index in [9.17, 15) is 18.0 Å². The lowest BCUT2D eigenvalue weighted by atomic mass is 10.1. The molecule has 1 aliphatic rings. The highest BCUT2D eigenvalue weighted by Crippen LogP contribution is 2.32. The van der Waals surface area contributed by atoms with E-state index >= 15 is 0 Å². The molecule has 4 nitrogen and oxygen atoms in total. The van der Waals surface area contributed by atoms with Gasteiger partial charge in [0, 0.05) is 29.2 Å². The molecule has 2 N–H and O–H groups in total. The Labute approximate surface area is 168 Å². The van der Waals surface area contributed by atoms with E-state index in [-0.39, 0.29) is 17.6 Å². The normalized spacial score (nSPS) is 16.1. The van der Waals surface area contributed by atoms with Crippen LogP contribution in [0.5, 0.6) is 0 Å². The number of benzene rings is 2. The van der Waals surface area contributed by atoms with Gasteiger partial charge in [-0.3, -0.25) is 10.2 Å². The number of thioether (sulfide) groups is 1. The number of aromatic nitrogens is 1. The van der Waals surface area contributed by atoms with Gasteiger partial charge in [-0.2, -0.15) is 13.2 Å². The molecule has 1 amide bonds. The number of carbonyl (C=O) groups is 1. The molecule has 148 valence electrons. The van der Waals surface area contributed by atoms with Gasteiger partial charge in [0.25, 0.3) is 5.91 Å². The Hall–Kier alpha value is -3.00. The summed E-state index contributed by atoms with van der Waals surface area (Å²) in [6.07, 6.45) is -0.868. The lowest BCUT2D eigenvalue weighted by Gasteiger charge is -2.12. The molecule has 0 spiro atoms. The van der Waals surface area contributed by atoms with Gasteiger partial charge < -0.3 is 9.88 Å². The maximum atomic E-state index is 13.2. The second-order valence-corrected chi connectivity index (χ2v) is 7.88. The smallest absolute Gasteiger partial charge is 0.342 e. The van der Waals surface area contributed by atoms with Crippen LogP contribution < -0.4 is 5.32 Å². The van der Waals surface area contributed by atoms with Crippen molar-refractivity contribution in [2.75, 3.05) is 0 Å². The summed E-state index contributed by atoms with van der Waals surface area (Å²) in [6.45, 7) is 1.91. The van der Waals surface area contributed by atoms with Crippen LogP contribution in [0.25, 0.3) is 17.0 Å². The molecule has 1 fully saturated rings. The van der Waals surface area contributed by atoms with Crippen molar-refractivity contribution in [1.29, 1.82) is 5.41 Å². The minimum absolute atomic E-state index is 0.0735. The molecule has 0 radical (unpaired) electrons. The third-order valence-corrected chi connectivity index (χ3v) is 5.42. The Bertz CT molecular complexity index is 1180. The van der Waals surface area contributed by atoms with Crippen LogP contribution in [0, 0.1) is 12.3 Å². The average Bonchev–Trinajstić information content (AvgIpc) is 3.14. The van der Waals surface area contributed by atoms with Crippen LogP contribution in [0.3, 0.4) is 0 Å². The largest absolute Gasteiger partial charge is 0.416 e. The number of para-hydroxylation sites is 1. The quantitative estimate of drug-likeness (QED) is 0.581.